The van der Waals surface area contributed by atoms with E-state index in [1.165, 1.54) is 16.9 Å². The zero-order chi connectivity index (χ0) is 88.4. The Morgan fingerprint density at radius 2 is 0.855 bits per heavy atom. The van der Waals surface area contributed by atoms with Crippen LogP contribution in [0.5, 0.6) is 34.9 Å². The molecule has 16 rings (SSSR count). The molecule has 0 aliphatic rings. The Balaban J connectivity index is 0.000000160. The summed E-state index contributed by atoms with van der Waals surface area (Å²) in [7, 11) is 0. The van der Waals surface area contributed by atoms with Gasteiger partial charge in [-0.15, -0.1) is 0 Å². The molecule has 0 saturated carbocycles. The lowest BCUT2D eigenvalue weighted by Crippen LogP contribution is -2.15. The molecule has 0 unspecified atom stereocenters. The Morgan fingerprint density at radius 1 is 0.452 bits per heavy atom. The average molecular weight is 1700 g/mol. The van der Waals surface area contributed by atoms with Gasteiger partial charge in [0.05, 0.1) is 30.2 Å². The number of carbonyl (C=O) groups is 1. The Kier molecular flexibility index (Phi) is 33.1. The van der Waals surface area contributed by atoms with Gasteiger partial charge in [0.1, 0.15) is 50.8 Å². The average Bonchev–Trinajstić information content (AvgIpc) is 1.68. The Hall–Kier alpha value is -15.8. The van der Waals surface area contributed by atoms with Gasteiger partial charge in [0, 0.05) is 130 Å². The van der Waals surface area contributed by atoms with Crippen LogP contribution in [-0.4, -0.2) is 89.9 Å². The van der Waals surface area contributed by atoms with Crippen LogP contribution < -0.4 is 53.1 Å². The first-order valence-corrected chi connectivity index (χ1v) is 39.4. The van der Waals surface area contributed by atoms with Crippen LogP contribution in [-0.2, 0) is 25.7 Å². The van der Waals surface area contributed by atoms with Crippen molar-refractivity contribution in [2.75, 3.05) is 21.8 Å². The molecular weight excluding hydrogens is 1610 g/mol. The van der Waals surface area contributed by atoms with Crippen molar-refractivity contribution in [1.82, 2.24) is 84.0 Å². The minimum Gasteiger partial charge on any atom is -0.439 e. The number of carbonyl (C=O) groups excluding carboxylic acids is 1. The van der Waals surface area contributed by atoms with Gasteiger partial charge in [-0.25, -0.2) is 69.5 Å². The molecule has 0 aliphatic heterocycles. The number of hydrogen-bond donors (Lipinski definition) is 7. The highest BCUT2D eigenvalue weighted by atomic mass is 35.5. The van der Waals surface area contributed by atoms with Gasteiger partial charge in [0.15, 0.2) is 34.6 Å². The summed E-state index contributed by atoms with van der Waals surface area (Å²) in [6, 6.07) is 69.8. The summed E-state index contributed by atoms with van der Waals surface area (Å²) in [6.45, 7) is 31.5. The maximum atomic E-state index is 12.0. The van der Waals surface area contributed by atoms with Crippen molar-refractivity contribution in [3.05, 3.63) is 367 Å². The number of amides is 1. The zero-order valence-electron chi connectivity index (χ0n) is 69.1. The molecule has 124 heavy (non-hydrogen) atoms. The van der Waals surface area contributed by atoms with Crippen LogP contribution in [0.4, 0.5) is 50.3 Å². The third kappa shape index (κ3) is 27.6. The van der Waals surface area contributed by atoms with Crippen molar-refractivity contribution in [3.8, 4) is 58.2 Å². The van der Waals surface area contributed by atoms with Gasteiger partial charge in [-0.1, -0.05) is 112 Å². The Morgan fingerprint density at radius 3 is 1.24 bits per heavy atom. The molecule has 0 bridgehead atoms. The highest BCUT2D eigenvalue weighted by Crippen LogP contribution is 2.32. The summed E-state index contributed by atoms with van der Waals surface area (Å²) < 4.78 is 36.8. The highest BCUT2D eigenvalue weighted by molar-refractivity contribution is 6.29. The van der Waals surface area contributed by atoms with Crippen molar-refractivity contribution in [2.45, 2.75) is 88.0 Å². The van der Waals surface area contributed by atoms with E-state index >= 15 is 0 Å². The molecule has 0 atom stereocenters. The molecule has 3 aromatic carbocycles. The number of hydrazine groups is 1. The number of aromatic nitrogens is 17. The van der Waals surface area contributed by atoms with Crippen LogP contribution in [0.2, 0.25) is 10.3 Å². The summed E-state index contributed by atoms with van der Waals surface area (Å²) >= 11 is 11.2. The van der Waals surface area contributed by atoms with Crippen LogP contribution in [0.15, 0.2) is 266 Å². The number of aromatic amines is 1. The largest absolute Gasteiger partial charge is 0.439 e. The Bertz CT molecular complexity index is 6380. The van der Waals surface area contributed by atoms with Gasteiger partial charge in [-0.2, -0.15) is 29.3 Å². The SMILES string of the molecule is CCc1cc(=O)n(-c2cccc(C)n2)[nH]1.CCc1cc(Oc2ccnc(Cl)c2)n(-c2cccc(C)n2)n1.CCc1cc(Oc2ccnc(Nc3cccc(C(N)=O)c3)c2)n(-c2cccc(C)n2)n1.Cc1cccc(NN)n1.Fc1ccnc(Cl)c1.[C-]#[N+]c1cccc(N)c1.[C-]#[N+]c1cccc(Nc2cc(Oc3cc(CC)nn3-c3cccc(C)n3)ccn2)c1. The fourth-order valence-electron chi connectivity index (χ4n) is 11.0. The molecule has 1 amide bonds. The van der Waals surface area contributed by atoms with Gasteiger partial charge < -0.3 is 41.7 Å². The number of nitrogens with zero attached hydrogens (tertiary/aromatic N) is 18. The number of primary amides is 1. The maximum Gasteiger partial charge on any atom is 0.272 e. The number of anilines is 6. The van der Waals surface area contributed by atoms with E-state index in [4.69, 9.17) is 67.9 Å². The number of rotatable bonds is 20. The quantitative estimate of drug-likeness (QED) is 0.0122. The van der Waals surface area contributed by atoms with Crippen molar-refractivity contribution < 1.29 is 23.4 Å². The number of benzene rings is 3. The third-order valence-corrected chi connectivity index (χ3v) is 17.4. The van der Waals surface area contributed by atoms with Crippen LogP contribution >= 0.6 is 23.2 Å². The van der Waals surface area contributed by atoms with E-state index in [9.17, 15) is 14.0 Å². The first-order chi connectivity index (χ1) is 59.9. The molecule has 0 aliphatic carbocycles. The molecule has 16 aromatic rings. The van der Waals surface area contributed by atoms with Crippen molar-refractivity contribution in [3.63, 3.8) is 0 Å². The monoisotopic (exact) mass is 1700 g/mol. The van der Waals surface area contributed by atoms with Gasteiger partial charge in [0.25, 0.3) is 5.56 Å². The first-order valence-electron chi connectivity index (χ1n) is 38.7. The summed E-state index contributed by atoms with van der Waals surface area (Å²) in [5.74, 6) is 12.4. The normalized spacial score (nSPS) is 10.2. The van der Waals surface area contributed by atoms with E-state index < -0.39 is 5.91 Å². The number of nitrogens with two attached hydrogens (primary N) is 3. The number of aryl methyl sites for hydroxylation is 9. The molecule has 13 heterocycles. The topological polar surface area (TPSA) is 375 Å². The lowest BCUT2D eigenvalue weighted by molar-refractivity contribution is 0.1000. The number of ether oxygens (including phenoxy) is 3. The summed E-state index contributed by atoms with van der Waals surface area (Å²) in [5, 5.41) is 23.7. The smallest absolute Gasteiger partial charge is 0.272 e. The molecule has 0 radical (unpaired) electrons. The predicted molar refractivity (Wildman–Crippen MR) is 480 cm³/mol. The highest BCUT2D eigenvalue weighted by Gasteiger charge is 2.18. The second-order valence-electron chi connectivity index (χ2n) is 26.6. The van der Waals surface area contributed by atoms with E-state index in [1.54, 1.807) is 130 Å². The maximum absolute atomic E-state index is 12.0. The summed E-state index contributed by atoms with van der Waals surface area (Å²) in [5.41, 5.74) is 25.1. The Labute approximate surface area is 725 Å². The minimum atomic E-state index is -0.488. The fraction of sp³-hybridized carbons (Fsp3) is 0.143. The van der Waals surface area contributed by atoms with Gasteiger partial charge in [-0.05, 0) is 188 Å². The van der Waals surface area contributed by atoms with Crippen LogP contribution in [0, 0.1) is 53.6 Å². The van der Waals surface area contributed by atoms with E-state index in [-0.39, 0.29) is 16.5 Å². The zero-order valence-corrected chi connectivity index (χ0v) is 70.6. The lowest BCUT2D eigenvalue weighted by atomic mass is 10.2. The molecule has 13 aromatic heterocycles. The molecule has 628 valence electrons. The first kappa shape index (κ1) is 90.5. The molecule has 30 nitrogen and oxygen atoms in total. The molecule has 0 saturated heterocycles. The van der Waals surface area contributed by atoms with Gasteiger partial charge in [0.2, 0.25) is 23.5 Å². The predicted octanol–water partition coefficient (Wildman–Crippen LogP) is 19.6. The molecule has 0 spiro atoms. The van der Waals surface area contributed by atoms with Gasteiger partial charge >= 0.3 is 0 Å². The van der Waals surface area contributed by atoms with Crippen LogP contribution in [0.3, 0.4) is 0 Å². The van der Waals surface area contributed by atoms with Gasteiger partial charge in [-0.3, -0.25) is 14.7 Å². The third-order valence-electron chi connectivity index (χ3n) is 17.0. The van der Waals surface area contributed by atoms with Crippen LogP contribution in [0.1, 0.15) is 89.3 Å². The molecule has 0 fully saturated rings. The van der Waals surface area contributed by atoms with Crippen LogP contribution in [0.25, 0.3) is 33.0 Å². The van der Waals surface area contributed by atoms with Crippen molar-refractivity contribution in [2.24, 2.45) is 11.6 Å². The molecular formula is C91H88Cl2FN25O5. The number of pyridine rings is 9. The van der Waals surface area contributed by atoms with E-state index in [1.807, 2.05) is 190 Å². The van der Waals surface area contributed by atoms with E-state index in [0.29, 0.717) is 103 Å². The second kappa shape index (κ2) is 45.4. The second-order valence-corrected chi connectivity index (χ2v) is 27.4. The van der Waals surface area contributed by atoms with E-state index in [0.717, 1.165) is 94.5 Å². The lowest BCUT2D eigenvalue weighted by Gasteiger charge is -2.11. The number of hydrogen-bond acceptors (Lipinski definition) is 22. The van der Waals surface area contributed by atoms with Crippen molar-refractivity contribution in [1.29, 1.82) is 0 Å². The molecule has 33 heteroatoms. The summed E-state index contributed by atoms with van der Waals surface area (Å²) in [6.07, 6.45) is 9.41. The number of halogens is 3. The van der Waals surface area contributed by atoms with Crippen molar-refractivity contribution >= 4 is 75.0 Å². The summed E-state index contributed by atoms with van der Waals surface area (Å²) in [4.78, 5) is 67.8. The standard InChI is InChI=1S/C23H22N6O2.C23H20N6O.C16H15ClN4O.C11H13N3O.C7H6N2.C6H9N3.C5H3ClFN/c1-3-17-13-22(29(28-17)21-9-4-6-15(2)26-21)31-19-10-11-25-20(14-19)27-18-8-5-7-16(12-18)23(24)30;1-4-17-14-23(29(28-17)22-10-5-7-16(2)26-22)30-20-11-12-25-21(15-20)27-19-9-6-8-18(13-19)24-3;1-3-12-9-16(22-13-7-8-18-14(17)10-13)21(20-12)15-6-4-5-11(2)19-15;1-3-9-7-11(15)14(13-9)10-6-4-5-8(2)12-10;1-9-7-4-2-3-6(8)5-7;1-5-3-2-4-6(8-5)9-7;6-5-3-4(7)1-2-8-5/h4-14H,3H2,1-2H3,(H2,24,30)(H,25,27);5-15H,4H2,1-2H3,(H,25,27);4-10H,3H2,1-2H3;4-7,13H,3H2,1-2H3;2-5H,8H2;2-4H,7H2,1H3,(H,8,9);1-3H. The number of H-pyrrole nitrogens is 1. The number of nitrogen functional groups attached to an aromatic ring is 2. The molecule has 10 N–H and O–H groups in total. The minimum absolute atomic E-state index is 0.0649. The number of nitrogens with one attached hydrogen (secondary N) is 4. The fourth-order valence-corrected chi connectivity index (χ4v) is 11.4. The van der Waals surface area contributed by atoms with E-state index in [2.05, 4.69) is 91.0 Å².